The van der Waals surface area contributed by atoms with Crippen molar-refractivity contribution < 1.29 is 17.6 Å². The Hall–Kier alpha value is -1.47. The summed E-state index contributed by atoms with van der Waals surface area (Å²) in [5.74, 6) is -0.571. The minimum Gasteiger partial charge on any atom is -0.337 e. The first-order valence-corrected chi connectivity index (χ1v) is 8.47. The number of carbonyl (C=O) groups is 1. The molecule has 5 nitrogen and oxygen atoms in total. The van der Waals surface area contributed by atoms with Crippen molar-refractivity contribution in [1.29, 1.82) is 0 Å². The summed E-state index contributed by atoms with van der Waals surface area (Å²) in [5.41, 5.74) is -0.119. The van der Waals surface area contributed by atoms with Gasteiger partial charge in [0, 0.05) is 25.6 Å². The third-order valence-corrected chi connectivity index (χ3v) is 4.72. The number of aryl methyl sites for hydroxylation is 1. The highest BCUT2D eigenvalue weighted by atomic mass is 32.2. The summed E-state index contributed by atoms with van der Waals surface area (Å²) in [6.07, 6.45) is 0. The second-order valence-corrected chi connectivity index (χ2v) is 7.92. The molecule has 1 aromatic carbocycles. The van der Waals surface area contributed by atoms with E-state index in [0.717, 1.165) is 6.07 Å². The Morgan fingerprint density at radius 3 is 2.36 bits per heavy atom. The number of rotatable bonds is 5. The molecule has 0 aliphatic rings. The van der Waals surface area contributed by atoms with Crippen molar-refractivity contribution in [2.45, 2.75) is 45.1 Å². The van der Waals surface area contributed by atoms with Crippen LogP contribution >= 0.6 is 0 Å². The van der Waals surface area contributed by atoms with Crippen molar-refractivity contribution in [3.8, 4) is 0 Å². The quantitative estimate of drug-likeness (QED) is 0.898. The van der Waals surface area contributed by atoms with Crippen LogP contribution in [0.25, 0.3) is 0 Å². The molecule has 1 amide bonds. The summed E-state index contributed by atoms with van der Waals surface area (Å²) in [7, 11) is -3.72. The molecule has 7 heteroatoms. The molecular weight excluding hydrogens is 307 g/mol. The predicted molar refractivity (Wildman–Crippen MR) is 83.5 cm³/mol. The second-order valence-electron chi connectivity index (χ2n) is 6.15. The largest absolute Gasteiger partial charge is 0.337 e. The van der Waals surface area contributed by atoms with Crippen molar-refractivity contribution >= 4 is 15.9 Å². The number of amides is 1. The monoisotopic (exact) mass is 330 g/mol. The lowest BCUT2D eigenvalue weighted by molar-refractivity contribution is -0.133. The number of carbonyl (C=O) groups excluding carboxylic acids is 1. The minimum absolute atomic E-state index is 0.0107. The Bertz CT molecular complexity index is 651. The van der Waals surface area contributed by atoms with Crippen LogP contribution in [0.3, 0.4) is 0 Å². The molecule has 1 N–H and O–H groups in total. The van der Waals surface area contributed by atoms with E-state index in [0.29, 0.717) is 0 Å². The fourth-order valence-electron chi connectivity index (χ4n) is 2.12. The van der Waals surface area contributed by atoms with Crippen LogP contribution in [-0.2, 0) is 14.8 Å². The van der Waals surface area contributed by atoms with E-state index in [-0.39, 0.29) is 35.0 Å². The van der Waals surface area contributed by atoms with Gasteiger partial charge in [-0.15, -0.1) is 0 Å². The number of hydrogen-bond donors (Lipinski definition) is 1. The Labute approximate surface area is 131 Å². The highest BCUT2D eigenvalue weighted by molar-refractivity contribution is 7.89. The summed E-state index contributed by atoms with van der Waals surface area (Å²) in [4.78, 5) is 13.2. The molecule has 0 aliphatic heterocycles. The van der Waals surface area contributed by atoms with Gasteiger partial charge in [-0.1, -0.05) is 0 Å². The molecule has 0 bridgehead atoms. The number of hydrogen-bond acceptors (Lipinski definition) is 3. The minimum atomic E-state index is -3.72. The molecule has 0 atom stereocenters. The van der Waals surface area contributed by atoms with Gasteiger partial charge in [0.25, 0.3) is 0 Å². The Kier molecular flexibility index (Phi) is 5.70. The van der Waals surface area contributed by atoms with E-state index < -0.39 is 15.8 Å². The van der Waals surface area contributed by atoms with Gasteiger partial charge in [0.1, 0.15) is 5.82 Å². The highest BCUT2D eigenvalue weighted by Crippen LogP contribution is 2.15. The molecule has 0 saturated carbocycles. The fourth-order valence-corrected chi connectivity index (χ4v) is 3.23. The first-order valence-electron chi connectivity index (χ1n) is 6.99. The molecule has 0 aliphatic carbocycles. The van der Waals surface area contributed by atoms with E-state index in [1.807, 2.05) is 20.8 Å². The van der Waals surface area contributed by atoms with Crippen molar-refractivity contribution in [3.05, 3.63) is 29.6 Å². The maximum absolute atomic E-state index is 13.2. The summed E-state index contributed by atoms with van der Waals surface area (Å²) < 4.78 is 40.0. The maximum atomic E-state index is 13.2. The molecular formula is C15H23FN2O3S. The van der Waals surface area contributed by atoms with E-state index in [2.05, 4.69) is 4.72 Å². The molecule has 0 heterocycles. The zero-order chi connectivity index (χ0) is 17.1. The van der Waals surface area contributed by atoms with E-state index in [4.69, 9.17) is 0 Å². The lowest BCUT2D eigenvalue weighted by Gasteiger charge is -2.35. The van der Waals surface area contributed by atoms with E-state index in [1.54, 1.807) is 4.90 Å². The SMILES string of the molecule is CC(=O)N(CCNS(=O)(=O)c1ccc(F)c(C)c1)C(C)(C)C. The van der Waals surface area contributed by atoms with E-state index in [9.17, 15) is 17.6 Å². The molecule has 1 aromatic rings. The smallest absolute Gasteiger partial charge is 0.240 e. The van der Waals surface area contributed by atoms with Crippen molar-refractivity contribution in [3.63, 3.8) is 0 Å². The highest BCUT2D eigenvalue weighted by Gasteiger charge is 2.24. The predicted octanol–water partition coefficient (Wildman–Crippen LogP) is 2.06. The number of sulfonamides is 1. The van der Waals surface area contributed by atoms with Gasteiger partial charge >= 0.3 is 0 Å². The number of nitrogens with zero attached hydrogens (tertiary/aromatic N) is 1. The first kappa shape index (κ1) is 18.6. The summed E-state index contributed by atoms with van der Waals surface area (Å²) in [6.45, 7) is 8.95. The Morgan fingerprint density at radius 1 is 1.32 bits per heavy atom. The molecule has 22 heavy (non-hydrogen) atoms. The molecule has 0 saturated heterocycles. The topological polar surface area (TPSA) is 66.5 Å². The summed E-state index contributed by atoms with van der Waals surface area (Å²) in [5, 5.41) is 0. The van der Waals surface area contributed by atoms with Crippen LogP contribution in [0.15, 0.2) is 23.1 Å². The molecule has 0 aromatic heterocycles. The van der Waals surface area contributed by atoms with E-state index >= 15 is 0 Å². The Balaban J connectivity index is 2.78. The van der Waals surface area contributed by atoms with E-state index in [1.165, 1.54) is 26.0 Å². The normalized spacial score (nSPS) is 12.3. The van der Waals surface area contributed by atoms with Gasteiger partial charge in [-0.3, -0.25) is 4.79 Å². The van der Waals surface area contributed by atoms with Gasteiger partial charge in [0.2, 0.25) is 15.9 Å². The molecule has 0 spiro atoms. The lowest BCUT2D eigenvalue weighted by Crippen LogP contribution is -2.48. The molecule has 0 fully saturated rings. The average molecular weight is 330 g/mol. The van der Waals surface area contributed by atoms with Crippen LogP contribution in [0.4, 0.5) is 4.39 Å². The van der Waals surface area contributed by atoms with Gasteiger partial charge in [-0.05, 0) is 51.5 Å². The van der Waals surface area contributed by atoms with Crippen molar-refractivity contribution in [2.75, 3.05) is 13.1 Å². The van der Waals surface area contributed by atoms with Gasteiger partial charge in [-0.2, -0.15) is 0 Å². The fraction of sp³-hybridized carbons (Fsp3) is 0.533. The summed E-state index contributed by atoms with van der Waals surface area (Å²) in [6, 6.07) is 3.63. The second kappa shape index (κ2) is 6.75. The van der Waals surface area contributed by atoms with Gasteiger partial charge in [0.15, 0.2) is 0 Å². The van der Waals surface area contributed by atoms with Crippen LogP contribution in [0.1, 0.15) is 33.3 Å². The molecule has 124 valence electrons. The van der Waals surface area contributed by atoms with Crippen LogP contribution in [0.2, 0.25) is 0 Å². The van der Waals surface area contributed by atoms with Gasteiger partial charge < -0.3 is 4.90 Å². The molecule has 0 unspecified atom stereocenters. The summed E-state index contributed by atoms with van der Waals surface area (Å²) >= 11 is 0. The van der Waals surface area contributed by atoms with Gasteiger partial charge in [0.05, 0.1) is 4.90 Å². The Morgan fingerprint density at radius 2 is 1.91 bits per heavy atom. The molecule has 0 radical (unpaired) electrons. The van der Waals surface area contributed by atoms with Crippen molar-refractivity contribution in [2.24, 2.45) is 0 Å². The van der Waals surface area contributed by atoms with Gasteiger partial charge in [-0.25, -0.2) is 17.5 Å². The number of halogens is 1. The number of benzene rings is 1. The average Bonchev–Trinajstić information content (AvgIpc) is 2.35. The van der Waals surface area contributed by atoms with Crippen LogP contribution in [-0.4, -0.2) is 37.9 Å². The van der Waals surface area contributed by atoms with Crippen LogP contribution in [0, 0.1) is 12.7 Å². The zero-order valence-corrected chi connectivity index (χ0v) is 14.4. The standard InChI is InChI=1S/C15H23FN2O3S/c1-11-10-13(6-7-14(11)16)22(20,21)17-8-9-18(12(2)19)15(3,4)5/h6-7,10,17H,8-9H2,1-5H3. The third-order valence-electron chi connectivity index (χ3n) is 3.26. The lowest BCUT2D eigenvalue weighted by atomic mass is 10.1. The van der Waals surface area contributed by atoms with Crippen LogP contribution in [0.5, 0.6) is 0 Å². The molecule has 1 rings (SSSR count). The zero-order valence-electron chi connectivity index (χ0n) is 13.6. The first-order chi connectivity index (χ1) is 9.95. The van der Waals surface area contributed by atoms with Crippen molar-refractivity contribution in [1.82, 2.24) is 9.62 Å². The van der Waals surface area contributed by atoms with Crippen LogP contribution < -0.4 is 4.72 Å². The maximum Gasteiger partial charge on any atom is 0.240 e. The third kappa shape index (κ3) is 4.78. The number of nitrogens with one attached hydrogen (secondary N) is 1.